The Morgan fingerprint density at radius 2 is 2.12 bits per heavy atom. The number of nitriles is 1. The number of aromatic nitrogens is 3. The van der Waals surface area contributed by atoms with Gasteiger partial charge in [0.15, 0.2) is 5.49 Å². The van der Waals surface area contributed by atoms with Crippen molar-refractivity contribution < 1.29 is 9.53 Å². The summed E-state index contributed by atoms with van der Waals surface area (Å²) in [4.78, 5) is 35.6. The van der Waals surface area contributed by atoms with E-state index in [1.165, 1.54) is 10.5 Å². The molecule has 1 aliphatic rings. The van der Waals surface area contributed by atoms with Crippen molar-refractivity contribution >= 4 is 38.5 Å². The molecule has 1 amide bonds. The Labute approximate surface area is 202 Å². The van der Waals surface area contributed by atoms with Crippen LogP contribution in [0.5, 0.6) is 0 Å². The van der Waals surface area contributed by atoms with Crippen LogP contribution < -0.4 is 11.0 Å². The van der Waals surface area contributed by atoms with E-state index in [2.05, 4.69) is 27.0 Å². The van der Waals surface area contributed by atoms with Crippen LogP contribution in [0.2, 0.25) is 0 Å². The Kier molecular flexibility index (Phi) is 5.86. The minimum Gasteiger partial charge on any atom is -0.376 e. The van der Waals surface area contributed by atoms with E-state index in [4.69, 9.17) is 9.72 Å². The normalized spacial score (nSPS) is 16.3. The number of pyridine rings is 2. The number of carbonyl (C=O) groups is 1. The second-order valence-corrected chi connectivity index (χ2v) is 9.03. The van der Waals surface area contributed by atoms with E-state index in [9.17, 15) is 14.9 Å². The van der Waals surface area contributed by atoms with Crippen molar-refractivity contribution in [2.24, 2.45) is 4.99 Å². The maximum Gasteiger partial charge on any atom is 0.280 e. The fraction of sp³-hybridized carbons (Fsp3) is 0.240. The average Bonchev–Trinajstić information content (AvgIpc) is 3.35. The van der Waals surface area contributed by atoms with Crippen molar-refractivity contribution in [3.8, 4) is 6.07 Å². The zero-order valence-corrected chi connectivity index (χ0v) is 19.9. The lowest BCUT2D eigenvalue weighted by atomic mass is 10.2. The van der Waals surface area contributed by atoms with Crippen LogP contribution in [0.25, 0.3) is 16.7 Å². The third-order valence-corrected chi connectivity index (χ3v) is 6.64. The highest BCUT2D eigenvalue weighted by Crippen LogP contribution is 2.19. The zero-order valence-electron chi connectivity index (χ0n) is 18.4. The van der Waals surface area contributed by atoms with Crippen molar-refractivity contribution in [1.29, 1.82) is 5.26 Å². The molecule has 0 bridgehead atoms. The van der Waals surface area contributed by atoms with Gasteiger partial charge < -0.3 is 9.30 Å². The molecule has 1 saturated heterocycles. The van der Waals surface area contributed by atoms with Gasteiger partial charge in [-0.05, 0) is 65.5 Å². The number of ether oxygens (including phenoxy) is 1. The van der Waals surface area contributed by atoms with Crippen molar-refractivity contribution in [3.63, 3.8) is 0 Å². The molecule has 34 heavy (non-hydrogen) atoms. The molecule has 8 nitrogen and oxygen atoms in total. The van der Waals surface area contributed by atoms with E-state index < -0.39 is 5.91 Å². The van der Waals surface area contributed by atoms with Crippen LogP contribution in [-0.4, -0.2) is 32.6 Å². The minimum absolute atomic E-state index is 0.123. The molecular formula is C25H20BrN5O3. The van der Waals surface area contributed by atoms with Crippen molar-refractivity contribution in [1.82, 2.24) is 14.0 Å². The number of hydrogen-bond acceptors (Lipinski definition) is 5. The van der Waals surface area contributed by atoms with E-state index in [-0.39, 0.29) is 28.1 Å². The second kappa shape index (κ2) is 8.97. The van der Waals surface area contributed by atoms with Gasteiger partial charge in [-0.1, -0.05) is 18.2 Å². The van der Waals surface area contributed by atoms with Crippen LogP contribution in [0, 0.1) is 18.3 Å². The van der Waals surface area contributed by atoms with E-state index >= 15 is 0 Å². The number of benzene rings is 1. The van der Waals surface area contributed by atoms with Gasteiger partial charge in [0.05, 0.1) is 29.2 Å². The van der Waals surface area contributed by atoms with Gasteiger partial charge in [0.2, 0.25) is 0 Å². The molecule has 4 aromatic rings. The molecule has 1 fully saturated rings. The topological polar surface area (TPSA) is 102 Å². The largest absolute Gasteiger partial charge is 0.376 e. The standard InChI is InChI=1S/C25H20BrN5O3/c1-15-6-4-10-30-21(15)28-23-19(25(30)33)12-16(13-27)22(31(23)14-17-7-5-11-34-17)29-24(32)18-8-2-3-9-20(18)26/h2-4,6,8-10,12,17H,5,7,11,14H2,1H3. The molecule has 0 N–H and O–H groups in total. The summed E-state index contributed by atoms with van der Waals surface area (Å²) in [6.07, 6.45) is 3.27. The molecule has 0 spiro atoms. The number of aryl methyl sites for hydroxylation is 1. The molecule has 0 aliphatic carbocycles. The summed E-state index contributed by atoms with van der Waals surface area (Å²) in [5.41, 5.74) is 2.08. The van der Waals surface area contributed by atoms with Crippen LogP contribution in [-0.2, 0) is 11.3 Å². The average molecular weight is 518 g/mol. The highest BCUT2D eigenvalue weighted by Gasteiger charge is 2.21. The van der Waals surface area contributed by atoms with Crippen LogP contribution >= 0.6 is 15.9 Å². The highest BCUT2D eigenvalue weighted by molar-refractivity contribution is 9.10. The van der Waals surface area contributed by atoms with Crippen LogP contribution in [0.1, 0.15) is 34.3 Å². The number of carbonyl (C=O) groups excluding carboxylic acids is 1. The molecule has 1 atom stereocenters. The third-order valence-electron chi connectivity index (χ3n) is 5.95. The van der Waals surface area contributed by atoms with Crippen molar-refractivity contribution in [2.45, 2.75) is 32.4 Å². The fourth-order valence-corrected chi connectivity index (χ4v) is 4.70. The smallest absolute Gasteiger partial charge is 0.280 e. The summed E-state index contributed by atoms with van der Waals surface area (Å²) in [6.45, 7) is 2.84. The lowest BCUT2D eigenvalue weighted by Gasteiger charge is -2.17. The molecule has 1 aromatic carbocycles. The molecule has 1 unspecified atom stereocenters. The Morgan fingerprint density at radius 1 is 1.29 bits per heavy atom. The SMILES string of the molecule is Cc1cccn2c(=O)c3cc(C#N)c(=NC(=O)c4ccccc4Br)n(CC4CCCO4)c3nc12. The molecule has 1 aliphatic heterocycles. The van der Waals surface area contributed by atoms with Gasteiger partial charge in [-0.15, -0.1) is 0 Å². The number of nitrogens with zero attached hydrogens (tertiary/aromatic N) is 5. The van der Waals surface area contributed by atoms with Gasteiger partial charge in [0, 0.05) is 17.3 Å². The monoisotopic (exact) mass is 517 g/mol. The van der Waals surface area contributed by atoms with E-state index in [1.807, 2.05) is 13.0 Å². The Hall–Kier alpha value is -3.61. The van der Waals surface area contributed by atoms with Crippen molar-refractivity contribution in [2.75, 3.05) is 6.61 Å². The van der Waals surface area contributed by atoms with Gasteiger partial charge in [-0.3, -0.25) is 14.0 Å². The van der Waals surface area contributed by atoms with E-state index in [1.54, 1.807) is 41.1 Å². The number of halogens is 1. The molecular weight excluding hydrogens is 498 g/mol. The summed E-state index contributed by atoms with van der Waals surface area (Å²) < 4.78 is 9.60. The number of amides is 1. The predicted octanol–water partition coefficient (Wildman–Crippen LogP) is 3.51. The van der Waals surface area contributed by atoms with Crippen LogP contribution in [0.15, 0.2) is 62.9 Å². The minimum atomic E-state index is -0.502. The summed E-state index contributed by atoms with van der Waals surface area (Å²) in [7, 11) is 0. The lowest BCUT2D eigenvalue weighted by Crippen LogP contribution is -2.33. The molecule has 0 radical (unpaired) electrons. The van der Waals surface area contributed by atoms with Crippen LogP contribution in [0.3, 0.4) is 0 Å². The van der Waals surface area contributed by atoms with Gasteiger partial charge in [0.1, 0.15) is 17.4 Å². The molecule has 5 rings (SSSR count). The molecule has 3 aromatic heterocycles. The predicted molar refractivity (Wildman–Crippen MR) is 129 cm³/mol. The summed E-state index contributed by atoms with van der Waals surface area (Å²) in [5.74, 6) is -0.502. The number of fused-ring (bicyclic) bond motifs is 2. The first kappa shape index (κ1) is 22.2. The van der Waals surface area contributed by atoms with Gasteiger partial charge >= 0.3 is 0 Å². The summed E-state index contributed by atoms with van der Waals surface area (Å²) in [6, 6.07) is 14.2. The zero-order chi connectivity index (χ0) is 23.8. The first-order chi connectivity index (χ1) is 16.5. The number of rotatable bonds is 3. The quantitative estimate of drug-likeness (QED) is 0.387. The van der Waals surface area contributed by atoms with Gasteiger partial charge in [-0.2, -0.15) is 10.3 Å². The lowest BCUT2D eigenvalue weighted by molar-refractivity contribution is 0.0952. The van der Waals surface area contributed by atoms with Gasteiger partial charge in [-0.25, -0.2) is 4.98 Å². The highest BCUT2D eigenvalue weighted by atomic mass is 79.9. The molecule has 9 heteroatoms. The molecule has 170 valence electrons. The van der Waals surface area contributed by atoms with Gasteiger partial charge in [0.25, 0.3) is 11.5 Å². The van der Waals surface area contributed by atoms with Crippen LogP contribution in [0.4, 0.5) is 0 Å². The third kappa shape index (κ3) is 3.85. The Bertz CT molecular complexity index is 1620. The van der Waals surface area contributed by atoms with E-state index in [0.717, 1.165) is 18.4 Å². The first-order valence-electron chi connectivity index (χ1n) is 10.9. The first-order valence-corrected chi connectivity index (χ1v) is 11.7. The second-order valence-electron chi connectivity index (χ2n) is 8.17. The number of hydrogen-bond donors (Lipinski definition) is 0. The molecule has 4 heterocycles. The summed E-state index contributed by atoms with van der Waals surface area (Å²) in [5, 5.41) is 10.2. The maximum absolute atomic E-state index is 13.4. The Morgan fingerprint density at radius 3 is 2.85 bits per heavy atom. The summed E-state index contributed by atoms with van der Waals surface area (Å²) >= 11 is 3.39. The Balaban J connectivity index is 1.86. The van der Waals surface area contributed by atoms with E-state index in [0.29, 0.717) is 34.5 Å². The molecule has 0 saturated carbocycles. The maximum atomic E-state index is 13.4. The fourth-order valence-electron chi connectivity index (χ4n) is 4.25. The van der Waals surface area contributed by atoms with Crippen molar-refractivity contribution in [3.05, 3.63) is 85.7 Å².